The van der Waals surface area contributed by atoms with Crippen molar-refractivity contribution in [3.8, 4) is 0 Å². The molecule has 1 amide bonds. The van der Waals surface area contributed by atoms with Crippen LogP contribution in [0.4, 0.5) is 5.69 Å². The number of thioether (sulfide) groups is 1. The van der Waals surface area contributed by atoms with Crippen LogP contribution in [0.2, 0.25) is 10.0 Å². The Hall–Kier alpha value is -0.750. The van der Waals surface area contributed by atoms with Crippen LogP contribution in [0.5, 0.6) is 0 Å². The van der Waals surface area contributed by atoms with Crippen LogP contribution in [-0.4, -0.2) is 41.0 Å². The first-order valence-electron chi connectivity index (χ1n) is 6.72. The number of benzene rings is 1. The summed E-state index contributed by atoms with van der Waals surface area (Å²) in [6.45, 7) is 1.35. The van der Waals surface area contributed by atoms with Crippen LogP contribution in [0.3, 0.4) is 0 Å². The summed E-state index contributed by atoms with van der Waals surface area (Å²) in [7, 11) is 0. The largest absolute Gasteiger partial charge is 0.376 e. The zero-order valence-corrected chi connectivity index (χ0v) is 13.5. The van der Waals surface area contributed by atoms with Crippen LogP contribution in [0.1, 0.15) is 12.8 Å². The molecule has 0 N–H and O–H groups in total. The first-order chi connectivity index (χ1) is 10.1. The van der Waals surface area contributed by atoms with Crippen molar-refractivity contribution < 1.29 is 9.53 Å². The fraction of sp³-hybridized carbons (Fsp3) is 0.429. The molecule has 0 radical (unpaired) electrons. The molecule has 0 spiro atoms. The number of halogens is 2. The van der Waals surface area contributed by atoms with Crippen molar-refractivity contribution in [2.24, 2.45) is 4.99 Å². The fourth-order valence-corrected chi connectivity index (χ4v) is 3.52. The van der Waals surface area contributed by atoms with E-state index in [1.54, 1.807) is 23.1 Å². The molecule has 4 nitrogen and oxygen atoms in total. The van der Waals surface area contributed by atoms with Gasteiger partial charge in [-0.05, 0) is 31.0 Å². The van der Waals surface area contributed by atoms with E-state index in [0.717, 1.165) is 19.4 Å². The van der Waals surface area contributed by atoms with Gasteiger partial charge in [-0.25, -0.2) is 4.99 Å². The quantitative estimate of drug-likeness (QED) is 0.838. The molecule has 1 aromatic rings. The maximum atomic E-state index is 12.0. The molecule has 2 aliphatic rings. The predicted octanol–water partition coefficient (Wildman–Crippen LogP) is 3.74. The Bertz CT molecular complexity index is 588. The normalized spacial score (nSPS) is 24.3. The van der Waals surface area contributed by atoms with Gasteiger partial charge >= 0.3 is 0 Å². The van der Waals surface area contributed by atoms with Crippen LogP contribution in [0, 0.1) is 0 Å². The van der Waals surface area contributed by atoms with Crippen molar-refractivity contribution in [3.63, 3.8) is 0 Å². The van der Waals surface area contributed by atoms with Crippen molar-refractivity contribution in [1.82, 2.24) is 4.90 Å². The highest BCUT2D eigenvalue weighted by Crippen LogP contribution is 2.30. The number of hydrogen-bond donors (Lipinski definition) is 0. The van der Waals surface area contributed by atoms with Crippen molar-refractivity contribution in [1.29, 1.82) is 0 Å². The highest BCUT2D eigenvalue weighted by molar-refractivity contribution is 8.15. The summed E-state index contributed by atoms with van der Waals surface area (Å²) in [5.41, 5.74) is 0.693. The molecule has 7 heteroatoms. The molecule has 2 fully saturated rings. The molecular formula is C14H14Cl2N2O2S. The van der Waals surface area contributed by atoms with Gasteiger partial charge in [-0.1, -0.05) is 35.0 Å². The standard InChI is InChI=1S/C14H14Cl2N2O2S/c15-11-4-3-9(6-12(11)16)17-14-18(13(19)8-21-14)7-10-2-1-5-20-10/h3-4,6,10H,1-2,5,7-8H2. The molecule has 0 saturated carbocycles. The van der Waals surface area contributed by atoms with Gasteiger partial charge in [0.05, 0.1) is 34.1 Å². The zero-order chi connectivity index (χ0) is 14.8. The second-order valence-electron chi connectivity index (χ2n) is 4.92. The monoisotopic (exact) mass is 344 g/mol. The Kier molecular flexibility index (Phi) is 4.74. The van der Waals surface area contributed by atoms with Gasteiger partial charge in [-0.15, -0.1) is 0 Å². The van der Waals surface area contributed by atoms with E-state index in [1.165, 1.54) is 11.8 Å². The predicted molar refractivity (Wildman–Crippen MR) is 86.7 cm³/mol. The number of amides is 1. The van der Waals surface area contributed by atoms with E-state index >= 15 is 0 Å². The summed E-state index contributed by atoms with van der Waals surface area (Å²) in [5.74, 6) is 0.502. The third-order valence-corrected chi connectivity index (χ3v) is 5.10. The molecule has 0 aromatic heterocycles. The zero-order valence-electron chi connectivity index (χ0n) is 11.2. The Morgan fingerprint density at radius 1 is 1.38 bits per heavy atom. The summed E-state index contributed by atoms with van der Waals surface area (Å²) in [6, 6.07) is 5.19. The average Bonchev–Trinajstić information content (AvgIpc) is 3.08. The molecule has 2 heterocycles. The summed E-state index contributed by atoms with van der Waals surface area (Å²) >= 11 is 13.3. The molecule has 2 saturated heterocycles. The molecule has 2 aliphatic heterocycles. The minimum absolute atomic E-state index is 0.0781. The van der Waals surface area contributed by atoms with E-state index in [-0.39, 0.29) is 12.0 Å². The summed E-state index contributed by atoms with van der Waals surface area (Å²) in [6.07, 6.45) is 2.17. The van der Waals surface area contributed by atoms with Gasteiger partial charge in [0.25, 0.3) is 0 Å². The third-order valence-electron chi connectivity index (χ3n) is 3.39. The maximum Gasteiger partial charge on any atom is 0.239 e. The lowest BCUT2D eigenvalue weighted by molar-refractivity contribution is -0.125. The Labute approximate surface area is 137 Å². The Balaban J connectivity index is 1.79. The minimum atomic E-state index is 0.0781. The lowest BCUT2D eigenvalue weighted by atomic mass is 10.2. The number of nitrogens with zero attached hydrogens (tertiary/aromatic N) is 2. The number of aliphatic imine (C=N–C) groups is 1. The highest BCUT2D eigenvalue weighted by Gasteiger charge is 2.31. The summed E-state index contributed by atoms with van der Waals surface area (Å²) in [5, 5.41) is 1.65. The fourth-order valence-electron chi connectivity index (χ4n) is 2.32. The molecule has 0 aliphatic carbocycles. The number of hydrogen-bond acceptors (Lipinski definition) is 4. The van der Waals surface area contributed by atoms with Crippen LogP contribution < -0.4 is 0 Å². The van der Waals surface area contributed by atoms with Crippen molar-refractivity contribution >= 4 is 51.7 Å². The maximum absolute atomic E-state index is 12.0. The van der Waals surface area contributed by atoms with Gasteiger partial charge in [0.1, 0.15) is 0 Å². The van der Waals surface area contributed by atoms with Crippen LogP contribution >= 0.6 is 35.0 Å². The van der Waals surface area contributed by atoms with Gasteiger partial charge in [-0.2, -0.15) is 0 Å². The molecule has 1 unspecified atom stereocenters. The molecule has 3 rings (SSSR count). The first-order valence-corrected chi connectivity index (χ1v) is 8.46. The Morgan fingerprint density at radius 3 is 2.95 bits per heavy atom. The Morgan fingerprint density at radius 2 is 2.24 bits per heavy atom. The van der Waals surface area contributed by atoms with E-state index in [2.05, 4.69) is 4.99 Å². The van der Waals surface area contributed by atoms with Gasteiger partial charge in [-0.3, -0.25) is 9.69 Å². The van der Waals surface area contributed by atoms with E-state index in [9.17, 15) is 4.79 Å². The van der Waals surface area contributed by atoms with Crippen LogP contribution in [-0.2, 0) is 9.53 Å². The van der Waals surface area contributed by atoms with Crippen molar-refractivity contribution in [2.45, 2.75) is 18.9 Å². The second-order valence-corrected chi connectivity index (χ2v) is 6.68. The molecule has 21 heavy (non-hydrogen) atoms. The van der Waals surface area contributed by atoms with Gasteiger partial charge in [0, 0.05) is 6.61 Å². The lowest BCUT2D eigenvalue weighted by Crippen LogP contribution is -2.36. The number of carbonyl (C=O) groups is 1. The molecule has 0 bridgehead atoms. The number of carbonyl (C=O) groups excluding carboxylic acids is 1. The smallest absolute Gasteiger partial charge is 0.239 e. The number of amidine groups is 1. The van der Waals surface area contributed by atoms with Crippen molar-refractivity contribution in [2.75, 3.05) is 18.9 Å². The van der Waals surface area contributed by atoms with Crippen LogP contribution in [0.25, 0.3) is 0 Å². The molecule has 112 valence electrons. The van der Waals surface area contributed by atoms with E-state index in [1.807, 2.05) is 0 Å². The molecular weight excluding hydrogens is 331 g/mol. The van der Waals surface area contributed by atoms with Crippen molar-refractivity contribution in [3.05, 3.63) is 28.2 Å². The molecule has 1 atom stereocenters. The number of ether oxygens (including phenoxy) is 1. The van der Waals surface area contributed by atoms with Gasteiger partial charge in [0.2, 0.25) is 5.91 Å². The molecule has 1 aromatic carbocycles. The van der Waals surface area contributed by atoms with E-state index in [4.69, 9.17) is 27.9 Å². The van der Waals surface area contributed by atoms with Gasteiger partial charge in [0.15, 0.2) is 5.17 Å². The lowest BCUT2D eigenvalue weighted by Gasteiger charge is -2.19. The van der Waals surface area contributed by atoms with Gasteiger partial charge < -0.3 is 4.74 Å². The topological polar surface area (TPSA) is 41.9 Å². The number of rotatable bonds is 3. The van der Waals surface area contributed by atoms with E-state index < -0.39 is 0 Å². The summed E-state index contributed by atoms with van der Waals surface area (Å²) in [4.78, 5) is 18.2. The van der Waals surface area contributed by atoms with E-state index in [0.29, 0.717) is 33.2 Å². The summed E-state index contributed by atoms with van der Waals surface area (Å²) < 4.78 is 5.60. The second kappa shape index (κ2) is 6.57. The highest BCUT2D eigenvalue weighted by atomic mass is 35.5. The van der Waals surface area contributed by atoms with Crippen LogP contribution in [0.15, 0.2) is 23.2 Å². The first kappa shape index (κ1) is 15.2. The third kappa shape index (κ3) is 3.54. The minimum Gasteiger partial charge on any atom is -0.376 e. The SMILES string of the molecule is O=C1CSC(=Nc2ccc(Cl)c(Cl)c2)N1CC1CCCO1. The average molecular weight is 345 g/mol.